The van der Waals surface area contributed by atoms with Crippen LogP contribution in [0.2, 0.25) is 0 Å². The summed E-state index contributed by atoms with van der Waals surface area (Å²) < 4.78 is 10.2. The second-order valence-corrected chi connectivity index (χ2v) is 5.81. The fourth-order valence-corrected chi connectivity index (χ4v) is 2.68. The molecule has 1 aliphatic heterocycles. The van der Waals surface area contributed by atoms with Crippen LogP contribution in [0.5, 0.6) is 5.75 Å². The van der Waals surface area contributed by atoms with Crippen molar-refractivity contribution in [1.82, 2.24) is 15.1 Å². The molecule has 26 heavy (non-hydrogen) atoms. The Morgan fingerprint density at radius 1 is 1.08 bits per heavy atom. The van der Waals surface area contributed by atoms with Crippen LogP contribution in [0.3, 0.4) is 0 Å². The van der Waals surface area contributed by atoms with Crippen molar-refractivity contribution in [1.29, 1.82) is 0 Å². The minimum absolute atomic E-state index is 0.144. The number of furan rings is 1. The lowest BCUT2D eigenvalue weighted by atomic mass is 10.2. The van der Waals surface area contributed by atoms with E-state index in [1.54, 1.807) is 35.2 Å². The van der Waals surface area contributed by atoms with Crippen molar-refractivity contribution in [2.24, 2.45) is 0 Å². The van der Waals surface area contributed by atoms with Crippen molar-refractivity contribution in [3.8, 4) is 5.75 Å². The summed E-state index contributed by atoms with van der Waals surface area (Å²) in [5.74, 6) is 0.966. The van der Waals surface area contributed by atoms with Gasteiger partial charge >= 0.3 is 6.03 Å². The molecule has 1 fully saturated rings. The van der Waals surface area contributed by atoms with Crippen LogP contribution in [0.15, 0.2) is 53.3 Å². The Morgan fingerprint density at radius 3 is 2.38 bits per heavy atom. The third kappa shape index (κ3) is 4.24. The second-order valence-electron chi connectivity index (χ2n) is 5.81. The van der Waals surface area contributed by atoms with E-state index in [0.717, 1.165) is 11.3 Å². The standard InChI is InChI=1S/C19H21N3O4/c1-25-16-6-4-15(5-7-16)8-9-20-19(24)22-12-10-21(11-13-22)18(23)17-3-2-14-26-17/h2-9,14H,10-13H2,1H3,(H,20,24)/b9-8+. The number of hydrogen-bond donors (Lipinski definition) is 1. The summed E-state index contributed by atoms with van der Waals surface area (Å²) in [6, 6.07) is 10.7. The number of carbonyl (C=O) groups excluding carboxylic acids is 2. The molecule has 1 aromatic carbocycles. The summed E-state index contributed by atoms with van der Waals surface area (Å²) in [7, 11) is 1.62. The number of rotatable bonds is 4. The SMILES string of the molecule is COc1ccc(/C=C/NC(=O)N2CCN(C(=O)c3ccco3)CC2)cc1. The topological polar surface area (TPSA) is 75.0 Å². The van der Waals surface area contributed by atoms with Gasteiger partial charge in [0.05, 0.1) is 13.4 Å². The zero-order chi connectivity index (χ0) is 18.4. The Morgan fingerprint density at radius 2 is 1.77 bits per heavy atom. The second kappa shape index (κ2) is 8.24. The van der Waals surface area contributed by atoms with E-state index in [1.165, 1.54) is 6.26 Å². The summed E-state index contributed by atoms with van der Waals surface area (Å²) in [6.45, 7) is 1.92. The molecule has 1 saturated heterocycles. The van der Waals surface area contributed by atoms with Crippen molar-refractivity contribution < 1.29 is 18.7 Å². The van der Waals surface area contributed by atoms with Crippen LogP contribution in [-0.4, -0.2) is 55.0 Å². The van der Waals surface area contributed by atoms with Gasteiger partial charge in [0.1, 0.15) is 5.75 Å². The first-order valence-electron chi connectivity index (χ1n) is 8.36. The van der Waals surface area contributed by atoms with Gasteiger partial charge in [-0.1, -0.05) is 12.1 Å². The van der Waals surface area contributed by atoms with Crippen LogP contribution in [0.4, 0.5) is 4.79 Å². The molecule has 7 heteroatoms. The molecule has 0 saturated carbocycles. The van der Waals surface area contributed by atoms with Crippen molar-refractivity contribution in [2.45, 2.75) is 0 Å². The predicted octanol–water partition coefficient (Wildman–Crippen LogP) is 2.43. The molecule has 1 aromatic heterocycles. The number of benzene rings is 1. The molecule has 0 spiro atoms. The number of methoxy groups -OCH3 is 1. The number of urea groups is 1. The average molecular weight is 355 g/mol. The van der Waals surface area contributed by atoms with Crippen LogP contribution >= 0.6 is 0 Å². The van der Waals surface area contributed by atoms with Gasteiger partial charge in [0, 0.05) is 32.4 Å². The maximum atomic E-state index is 12.2. The smallest absolute Gasteiger partial charge is 0.321 e. The van der Waals surface area contributed by atoms with Crippen molar-refractivity contribution in [3.63, 3.8) is 0 Å². The number of piperazine rings is 1. The van der Waals surface area contributed by atoms with Gasteiger partial charge in [-0.25, -0.2) is 4.79 Å². The van der Waals surface area contributed by atoms with Gasteiger partial charge in [-0.3, -0.25) is 4.79 Å². The summed E-state index contributed by atoms with van der Waals surface area (Å²) in [5, 5.41) is 2.75. The number of amides is 3. The molecule has 0 bridgehead atoms. The van der Waals surface area contributed by atoms with Crippen molar-refractivity contribution >= 4 is 18.0 Å². The Hall–Kier alpha value is -3.22. The largest absolute Gasteiger partial charge is 0.497 e. The van der Waals surface area contributed by atoms with E-state index in [1.807, 2.05) is 30.3 Å². The van der Waals surface area contributed by atoms with Crippen LogP contribution in [0.25, 0.3) is 6.08 Å². The number of carbonyl (C=O) groups is 2. The highest BCUT2D eigenvalue weighted by atomic mass is 16.5. The summed E-state index contributed by atoms with van der Waals surface area (Å²) >= 11 is 0. The molecular weight excluding hydrogens is 334 g/mol. The van der Waals surface area contributed by atoms with Crippen LogP contribution < -0.4 is 10.1 Å². The molecule has 0 atom stereocenters. The summed E-state index contributed by atoms with van der Waals surface area (Å²) in [6.07, 6.45) is 4.91. The summed E-state index contributed by atoms with van der Waals surface area (Å²) in [4.78, 5) is 27.8. The van der Waals surface area contributed by atoms with Crippen molar-refractivity contribution in [2.75, 3.05) is 33.3 Å². The van der Waals surface area contributed by atoms with Gasteiger partial charge in [0.2, 0.25) is 0 Å². The molecule has 0 aliphatic carbocycles. The minimum Gasteiger partial charge on any atom is -0.497 e. The maximum absolute atomic E-state index is 12.2. The van der Waals surface area contributed by atoms with Gasteiger partial charge in [-0.15, -0.1) is 0 Å². The van der Waals surface area contributed by atoms with E-state index in [0.29, 0.717) is 31.9 Å². The van der Waals surface area contributed by atoms with Crippen molar-refractivity contribution in [3.05, 3.63) is 60.2 Å². The van der Waals surface area contributed by atoms with Gasteiger partial charge in [-0.2, -0.15) is 0 Å². The molecule has 1 N–H and O–H groups in total. The van der Waals surface area contributed by atoms with Crippen LogP contribution in [0.1, 0.15) is 16.1 Å². The van der Waals surface area contributed by atoms with Gasteiger partial charge in [0.15, 0.2) is 5.76 Å². The van der Waals surface area contributed by atoms with Gasteiger partial charge < -0.3 is 24.3 Å². The fourth-order valence-electron chi connectivity index (χ4n) is 2.68. The third-order valence-electron chi connectivity index (χ3n) is 4.18. The Bertz CT molecular complexity index is 761. The first kappa shape index (κ1) is 17.6. The lowest BCUT2D eigenvalue weighted by Crippen LogP contribution is -2.52. The highest BCUT2D eigenvalue weighted by Gasteiger charge is 2.25. The molecule has 7 nitrogen and oxygen atoms in total. The first-order chi connectivity index (χ1) is 12.7. The summed E-state index contributed by atoms with van der Waals surface area (Å²) in [5.41, 5.74) is 0.958. The molecule has 1 aliphatic rings. The van der Waals surface area contributed by atoms with E-state index in [4.69, 9.17) is 9.15 Å². The normalized spacial score (nSPS) is 14.5. The molecule has 3 rings (SSSR count). The van der Waals surface area contributed by atoms with Gasteiger partial charge in [-0.05, 0) is 35.9 Å². The quantitative estimate of drug-likeness (QED) is 0.914. The Kier molecular flexibility index (Phi) is 5.58. The molecule has 136 valence electrons. The van der Waals surface area contributed by atoms with E-state index in [-0.39, 0.29) is 11.9 Å². The highest BCUT2D eigenvalue weighted by molar-refractivity contribution is 5.91. The first-order valence-corrected chi connectivity index (χ1v) is 8.36. The van der Waals surface area contributed by atoms with E-state index >= 15 is 0 Å². The Balaban J connectivity index is 1.46. The monoisotopic (exact) mass is 355 g/mol. The molecule has 0 unspecified atom stereocenters. The van der Waals surface area contributed by atoms with E-state index in [9.17, 15) is 9.59 Å². The molecule has 2 heterocycles. The molecule has 3 amide bonds. The number of hydrogen-bond acceptors (Lipinski definition) is 4. The third-order valence-corrected chi connectivity index (χ3v) is 4.18. The maximum Gasteiger partial charge on any atom is 0.321 e. The molecular formula is C19H21N3O4. The van der Waals surface area contributed by atoms with E-state index in [2.05, 4.69) is 5.32 Å². The average Bonchev–Trinajstić information content (AvgIpc) is 3.23. The lowest BCUT2D eigenvalue weighted by Gasteiger charge is -2.34. The Labute approximate surface area is 151 Å². The molecule has 2 aromatic rings. The predicted molar refractivity (Wildman–Crippen MR) is 96.7 cm³/mol. The van der Waals surface area contributed by atoms with Gasteiger partial charge in [0.25, 0.3) is 5.91 Å². The number of nitrogens with one attached hydrogen (secondary N) is 1. The molecule has 0 radical (unpaired) electrons. The number of nitrogens with zero attached hydrogens (tertiary/aromatic N) is 2. The minimum atomic E-state index is -0.181. The number of ether oxygens (including phenoxy) is 1. The zero-order valence-electron chi connectivity index (χ0n) is 14.6. The zero-order valence-corrected chi connectivity index (χ0v) is 14.6. The van der Waals surface area contributed by atoms with Crippen LogP contribution in [0, 0.1) is 0 Å². The van der Waals surface area contributed by atoms with E-state index < -0.39 is 0 Å². The highest BCUT2D eigenvalue weighted by Crippen LogP contribution is 2.12. The lowest BCUT2D eigenvalue weighted by molar-refractivity contribution is 0.0636. The fraction of sp³-hybridized carbons (Fsp3) is 0.263. The van der Waals surface area contributed by atoms with Crippen LogP contribution in [-0.2, 0) is 0 Å².